The summed E-state index contributed by atoms with van der Waals surface area (Å²) in [5, 5.41) is 12.2. The van der Waals surface area contributed by atoms with Crippen molar-refractivity contribution in [1.82, 2.24) is 4.98 Å². The third kappa shape index (κ3) is 3.91. The molecule has 0 aliphatic carbocycles. The van der Waals surface area contributed by atoms with E-state index in [-0.39, 0.29) is 22.9 Å². The first kappa shape index (κ1) is 19.6. The van der Waals surface area contributed by atoms with Gasteiger partial charge in [0.1, 0.15) is 5.69 Å². The van der Waals surface area contributed by atoms with Crippen LogP contribution in [-0.4, -0.2) is 34.9 Å². The van der Waals surface area contributed by atoms with E-state index in [4.69, 9.17) is 4.74 Å². The second-order valence-electron chi connectivity index (χ2n) is 6.29. The average Bonchev–Trinajstić information content (AvgIpc) is 3.06. The first-order valence-electron chi connectivity index (χ1n) is 8.31. The minimum atomic E-state index is -3.75. The Balaban J connectivity index is 1.60. The monoisotopic (exact) mass is 396 g/mol. The largest absolute Gasteiger partial charge is 0.586 e. The summed E-state index contributed by atoms with van der Waals surface area (Å²) in [4.78, 5) is 27.0. The number of fused-ring (bicyclic) bond motifs is 1. The van der Waals surface area contributed by atoms with Crippen LogP contribution in [0.1, 0.15) is 40.3 Å². The van der Waals surface area contributed by atoms with Crippen LogP contribution < -0.4 is 14.8 Å². The summed E-state index contributed by atoms with van der Waals surface area (Å²) in [6.07, 6.45) is -4.52. The number of halogens is 2. The third-order valence-corrected chi connectivity index (χ3v) is 4.14. The number of esters is 1. The molecule has 28 heavy (non-hydrogen) atoms. The molecule has 0 radical (unpaired) electrons. The van der Waals surface area contributed by atoms with E-state index in [0.29, 0.717) is 16.8 Å². The van der Waals surface area contributed by atoms with Crippen molar-refractivity contribution in [2.75, 3.05) is 11.9 Å². The van der Waals surface area contributed by atoms with Gasteiger partial charge in [0.2, 0.25) is 0 Å². The van der Waals surface area contributed by atoms with E-state index in [0.717, 1.165) is 0 Å². The van der Waals surface area contributed by atoms with E-state index in [2.05, 4.69) is 19.8 Å². The van der Waals surface area contributed by atoms with Gasteiger partial charge in [-0.25, -0.2) is 4.79 Å². The van der Waals surface area contributed by atoms with Gasteiger partial charge in [0, 0.05) is 23.0 Å². The molecule has 1 aliphatic heterocycles. The number of carbonyl (C=O) groups is 2. The van der Waals surface area contributed by atoms with Crippen molar-refractivity contribution >= 4 is 17.6 Å². The van der Waals surface area contributed by atoms with E-state index < -0.39 is 30.9 Å². The molecule has 0 saturated carbocycles. The van der Waals surface area contributed by atoms with Crippen LogP contribution in [0.2, 0.25) is 0 Å². The minimum Gasteiger partial charge on any atom is -0.451 e. The molecule has 1 atom stereocenters. The van der Waals surface area contributed by atoms with E-state index in [1.165, 1.54) is 18.2 Å². The third-order valence-electron chi connectivity index (χ3n) is 4.14. The molecule has 2 aromatic rings. The number of nitrogens with one attached hydrogen (secondary N) is 2. The van der Waals surface area contributed by atoms with Gasteiger partial charge in [0.15, 0.2) is 18.1 Å². The summed E-state index contributed by atoms with van der Waals surface area (Å²) < 4.78 is 39.6. The fraction of sp³-hybridized carbons (Fsp3) is 0.333. The topological polar surface area (TPSA) is 110 Å². The lowest BCUT2D eigenvalue weighted by molar-refractivity contribution is -0.286. The lowest BCUT2D eigenvalue weighted by atomic mass is 10.1. The number of alkyl halides is 2. The Morgan fingerprint density at radius 1 is 1.29 bits per heavy atom. The van der Waals surface area contributed by atoms with Crippen LogP contribution in [-0.2, 0) is 9.53 Å². The van der Waals surface area contributed by atoms with Crippen LogP contribution in [0, 0.1) is 13.8 Å². The zero-order valence-electron chi connectivity index (χ0n) is 15.3. The van der Waals surface area contributed by atoms with E-state index in [1.807, 2.05) is 0 Å². The highest BCUT2D eigenvalue weighted by Crippen LogP contribution is 2.42. The molecule has 3 rings (SSSR count). The molecule has 0 bridgehead atoms. The number of anilines is 1. The Hall–Kier alpha value is -3.14. The van der Waals surface area contributed by atoms with Crippen LogP contribution in [0.3, 0.4) is 0 Å². The maximum Gasteiger partial charge on any atom is 0.586 e. The summed E-state index contributed by atoms with van der Waals surface area (Å²) in [5.41, 5.74) is 2.07. The van der Waals surface area contributed by atoms with Gasteiger partial charge in [-0.1, -0.05) is 0 Å². The second kappa shape index (κ2) is 7.12. The lowest BCUT2D eigenvalue weighted by Crippen LogP contribution is -2.25. The van der Waals surface area contributed by atoms with Crippen molar-refractivity contribution in [2.24, 2.45) is 0 Å². The van der Waals surface area contributed by atoms with E-state index in [1.54, 1.807) is 20.8 Å². The summed E-state index contributed by atoms with van der Waals surface area (Å²) in [6, 6.07) is 3.74. The molecule has 2 heterocycles. The highest BCUT2D eigenvalue weighted by molar-refractivity contribution is 5.95. The van der Waals surface area contributed by atoms with Gasteiger partial charge in [0.05, 0.1) is 6.10 Å². The molecule has 1 aromatic carbocycles. The maximum atomic E-state index is 13.0. The second-order valence-corrected chi connectivity index (χ2v) is 6.29. The average molecular weight is 396 g/mol. The van der Waals surface area contributed by atoms with Crippen LogP contribution in [0.4, 0.5) is 14.5 Å². The first-order valence-corrected chi connectivity index (χ1v) is 8.31. The number of ether oxygens (including phenoxy) is 3. The maximum absolute atomic E-state index is 13.0. The number of aromatic amines is 1. The molecule has 0 fully saturated rings. The zero-order valence-corrected chi connectivity index (χ0v) is 15.3. The number of carbonyl (C=O) groups excluding carboxylic acids is 2. The Labute approximate surface area is 158 Å². The number of aliphatic hydroxyl groups excluding tert-OH is 1. The van der Waals surface area contributed by atoms with Gasteiger partial charge >= 0.3 is 12.3 Å². The van der Waals surface area contributed by atoms with Gasteiger partial charge in [-0.3, -0.25) is 4.79 Å². The summed E-state index contributed by atoms with van der Waals surface area (Å²) in [7, 11) is 0. The molecule has 1 aliphatic rings. The van der Waals surface area contributed by atoms with Crippen molar-refractivity contribution in [1.29, 1.82) is 0 Å². The van der Waals surface area contributed by atoms with Gasteiger partial charge < -0.3 is 29.6 Å². The fourth-order valence-corrected chi connectivity index (χ4v) is 3.02. The highest BCUT2D eigenvalue weighted by atomic mass is 19.3. The molecule has 0 unspecified atom stereocenters. The predicted octanol–water partition coefficient (Wildman–Crippen LogP) is 2.80. The number of rotatable bonds is 5. The van der Waals surface area contributed by atoms with Crippen molar-refractivity contribution in [2.45, 2.75) is 33.2 Å². The smallest absolute Gasteiger partial charge is 0.451 e. The molecule has 3 N–H and O–H groups in total. The number of hydrogen-bond acceptors (Lipinski definition) is 6. The molecule has 0 saturated heterocycles. The van der Waals surface area contributed by atoms with Crippen molar-refractivity contribution in [3.63, 3.8) is 0 Å². The SMILES string of the molecule is Cc1[nH]c(C(=O)OCC(=O)Nc2ccc3c(c2)OC(F)(F)O3)c(C)c1[C@@H](C)O. The normalized spacial score (nSPS) is 15.2. The Morgan fingerprint density at radius 3 is 2.61 bits per heavy atom. The molecule has 150 valence electrons. The predicted molar refractivity (Wildman–Crippen MR) is 92.5 cm³/mol. The molecule has 10 heteroatoms. The van der Waals surface area contributed by atoms with Crippen LogP contribution >= 0.6 is 0 Å². The lowest BCUT2D eigenvalue weighted by Gasteiger charge is -2.08. The standard InChI is InChI=1S/C18H18F2N2O6/c1-8-15(10(3)23)9(2)21-16(8)17(25)26-7-14(24)22-11-4-5-12-13(6-11)28-18(19,20)27-12/h4-6,10,21,23H,7H2,1-3H3,(H,22,24)/t10-/m1/s1. The van der Waals surface area contributed by atoms with Crippen molar-refractivity contribution in [3.05, 3.63) is 40.7 Å². The van der Waals surface area contributed by atoms with Gasteiger partial charge in [-0.15, -0.1) is 8.78 Å². The first-order chi connectivity index (χ1) is 13.1. The molecular weight excluding hydrogens is 378 g/mol. The highest BCUT2D eigenvalue weighted by Gasteiger charge is 2.43. The molecule has 1 aromatic heterocycles. The Bertz CT molecular complexity index is 938. The quantitative estimate of drug-likeness (QED) is 0.671. The number of hydrogen-bond donors (Lipinski definition) is 3. The van der Waals surface area contributed by atoms with Crippen LogP contribution in [0.25, 0.3) is 0 Å². The minimum absolute atomic E-state index is 0.145. The van der Waals surface area contributed by atoms with E-state index in [9.17, 15) is 23.5 Å². The fourth-order valence-electron chi connectivity index (χ4n) is 3.02. The van der Waals surface area contributed by atoms with Crippen LogP contribution in [0.5, 0.6) is 11.5 Å². The summed E-state index contributed by atoms with van der Waals surface area (Å²) in [6.45, 7) is 4.35. The number of aliphatic hydroxyl groups is 1. The molecule has 1 amide bonds. The number of aromatic nitrogens is 1. The van der Waals surface area contributed by atoms with Gasteiger partial charge in [-0.05, 0) is 38.5 Å². The molecule has 0 spiro atoms. The number of benzene rings is 1. The van der Waals surface area contributed by atoms with Crippen molar-refractivity contribution in [3.8, 4) is 11.5 Å². The van der Waals surface area contributed by atoms with Crippen LogP contribution in [0.15, 0.2) is 18.2 Å². The Morgan fingerprint density at radius 2 is 1.96 bits per heavy atom. The zero-order chi connectivity index (χ0) is 20.6. The molecular formula is C18H18F2N2O6. The number of amides is 1. The number of aryl methyl sites for hydroxylation is 1. The summed E-state index contributed by atoms with van der Waals surface area (Å²) >= 11 is 0. The molecule has 8 nitrogen and oxygen atoms in total. The van der Waals surface area contributed by atoms with Gasteiger partial charge in [-0.2, -0.15) is 0 Å². The Kier molecular flexibility index (Phi) is 4.99. The summed E-state index contributed by atoms with van der Waals surface area (Å²) in [5.74, 6) is -1.80. The number of H-pyrrole nitrogens is 1. The van der Waals surface area contributed by atoms with Crippen molar-refractivity contribution < 1.29 is 37.7 Å². The van der Waals surface area contributed by atoms with Gasteiger partial charge in [0.25, 0.3) is 5.91 Å². The van der Waals surface area contributed by atoms with E-state index >= 15 is 0 Å².